The van der Waals surface area contributed by atoms with Crippen molar-refractivity contribution >= 4 is 23.2 Å². The smallest absolute Gasteiger partial charge is 0.270 e. The van der Waals surface area contributed by atoms with E-state index in [9.17, 15) is 9.59 Å². The minimum Gasteiger partial charge on any atom is -0.497 e. The molecule has 0 radical (unpaired) electrons. The standard InChI is InChI=1S/C22H31N3O3S/c1-15(2)11-23-22(27)19-14-29-20(24-19)13-25(12-16(3)4)21(26)10-17-6-8-18(28-5)9-7-17/h6-9,14-16H,10-13H2,1-5H3,(H,23,27). The van der Waals surface area contributed by atoms with Crippen molar-refractivity contribution in [2.45, 2.75) is 40.7 Å². The topological polar surface area (TPSA) is 71.5 Å². The minimum atomic E-state index is -0.166. The SMILES string of the molecule is COc1ccc(CC(=O)N(Cc2nc(C(=O)NCC(C)C)cs2)CC(C)C)cc1. The lowest BCUT2D eigenvalue weighted by molar-refractivity contribution is -0.131. The van der Waals surface area contributed by atoms with Crippen LogP contribution in [0.2, 0.25) is 0 Å². The molecule has 0 bridgehead atoms. The van der Waals surface area contributed by atoms with Crippen molar-refractivity contribution in [3.8, 4) is 5.75 Å². The molecule has 0 unspecified atom stereocenters. The molecular weight excluding hydrogens is 386 g/mol. The normalized spacial score (nSPS) is 11.0. The number of nitrogens with one attached hydrogen (secondary N) is 1. The molecule has 0 saturated carbocycles. The lowest BCUT2D eigenvalue weighted by atomic mass is 10.1. The van der Waals surface area contributed by atoms with Crippen LogP contribution in [0.3, 0.4) is 0 Å². The summed E-state index contributed by atoms with van der Waals surface area (Å²) in [5.74, 6) is 1.37. The Hall–Kier alpha value is -2.41. The number of amides is 2. The molecule has 1 heterocycles. The van der Waals surface area contributed by atoms with Crippen LogP contribution in [0.4, 0.5) is 0 Å². The number of nitrogens with zero attached hydrogens (tertiary/aromatic N) is 2. The van der Waals surface area contributed by atoms with Crippen LogP contribution in [0.1, 0.15) is 48.8 Å². The van der Waals surface area contributed by atoms with E-state index in [0.717, 1.165) is 16.3 Å². The molecule has 2 aromatic rings. The second-order valence-electron chi connectivity index (χ2n) is 7.92. The molecule has 0 saturated heterocycles. The van der Waals surface area contributed by atoms with Crippen molar-refractivity contribution in [2.24, 2.45) is 11.8 Å². The maximum absolute atomic E-state index is 12.9. The molecule has 0 fully saturated rings. The molecule has 0 atom stereocenters. The number of rotatable bonds is 10. The van der Waals surface area contributed by atoms with Gasteiger partial charge in [0.1, 0.15) is 16.5 Å². The number of benzene rings is 1. The first kappa shape index (κ1) is 22.9. The van der Waals surface area contributed by atoms with Gasteiger partial charge in [-0.2, -0.15) is 0 Å². The summed E-state index contributed by atoms with van der Waals surface area (Å²) in [5.41, 5.74) is 1.36. The Balaban J connectivity index is 2.04. The summed E-state index contributed by atoms with van der Waals surface area (Å²) >= 11 is 1.41. The van der Waals surface area contributed by atoms with E-state index in [1.54, 1.807) is 12.5 Å². The van der Waals surface area contributed by atoms with E-state index in [4.69, 9.17) is 4.74 Å². The highest BCUT2D eigenvalue weighted by Gasteiger charge is 2.19. The van der Waals surface area contributed by atoms with Crippen LogP contribution in [-0.2, 0) is 17.8 Å². The van der Waals surface area contributed by atoms with E-state index in [1.165, 1.54) is 11.3 Å². The molecule has 0 aliphatic carbocycles. The van der Waals surface area contributed by atoms with Gasteiger partial charge in [-0.05, 0) is 29.5 Å². The van der Waals surface area contributed by atoms with E-state index in [-0.39, 0.29) is 11.8 Å². The third-order valence-electron chi connectivity index (χ3n) is 4.23. The fourth-order valence-corrected chi connectivity index (χ4v) is 3.55. The van der Waals surface area contributed by atoms with Gasteiger partial charge in [0.25, 0.3) is 5.91 Å². The predicted molar refractivity (Wildman–Crippen MR) is 116 cm³/mol. The Kier molecular flexibility index (Phi) is 8.64. The molecule has 2 rings (SSSR count). The molecule has 0 aliphatic heterocycles. The average Bonchev–Trinajstić information content (AvgIpc) is 3.14. The van der Waals surface area contributed by atoms with Gasteiger partial charge in [-0.3, -0.25) is 9.59 Å². The Morgan fingerprint density at radius 3 is 2.41 bits per heavy atom. The van der Waals surface area contributed by atoms with Gasteiger partial charge >= 0.3 is 0 Å². The Morgan fingerprint density at radius 2 is 1.83 bits per heavy atom. The van der Waals surface area contributed by atoms with Crippen molar-refractivity contribution in [1.29, 1.82) is 0 Å². The van der Waals surface area contributed by atoms with Crippen LogP contribution in [-0.4, -0.2) is 41.9 Å². The summed E-state index contributed by atoms with van der Waals surface area (Å²) in [6, 6.07) is 7.53. The molecule has 6 nitrogen and oxygen atoms in total. The first-order valence-corrected chi connectivity index (χ1v) is 10.8. The van der Waals surface area contributed by atoms with E-state index in [2.05, 4.69) is 24.1 Å². The van der Waals surface area contributed by atoms with Gasteiger partial charge in [-0.25, -0.2) is 4.98 Å². The number of carbonyl (C=O) groups is 2. The van der Waals surface area contributed by atoms with Gasteiger partial charge in [0.05, 0.1) is 20.1 Å². The molecular formula is C22H31N3O3S. The maximum atomic E-state index is 12.9. The number of hydrogen-bond acceptors (Lipinski definition) is 5. The monoisotopic (exact) mass is 417 g/mol. The summed E-state index contributed by atoms with van der Waals surface area (Å²) in [7, 11) is 1.62. The summed E-state index contributed by atoms with van der Waals surface area (Å²) < 4.78 is 5.17. The van der Waals surface area contributed by atoms with Crippen LogP contribution in [0.25, 0.3) is 0 Å². The van der Waals surface area contributed by atoms with Crippen molar-refractivity contribution in [1.82, 2.24) is 15.2 Å². The number of thiazole rings is 1. The second kappa shape index (κ2) is 11.0. The Bertz CT molecular complexity index is 800. The van der Waals surface area contributed by atoms with E-state index in [0.29, 0.717) is 43.6 Å². The molecule has 158 valence electrons. The van der Waals surface area contributed by atoms with Gasteiger partial charge in [0.2, 0.25) is 5.91 Å². The van der Waals surface area contributed by atoms with Crippen LogP contribution in [0.15, 0.2) is 29.6 Å². The number of carbonyl (C=O) groups excluding carboxylic acids is 2. The third-order valence-corrected chi connectivity index (χ3v) is 5.07. The molecule has 2 amide bonds. The molecule has 0 spiro atoms. The second-order valence-corrected chi connectivity index (χ2v) is 8.87. The Morgan fingerprint density at radius 1 is 1.14 bits per heavy atom. The van der Waals surface area contributed by atoms with Crippen molar-refractivity contribution in [3.05, 3.63) is 45.9 Å². The van der Waals surface area contributed by atoms with Gasteiger partial charge in [0, 0.05) is 18.5 Å². The molecule has 1 aromatic heterocycles. The van der Waals surface area contributed by atoms with Gasteiger partial charge < -0.3 is 15.0 Å². The highest BCUT2D eigenvalue weighted by molar-refractivity contribution is 7.09. The van der Waals surface area contributed by atoms with Crippen LogP contribution >= 0.6 is 11.3 Å². The largest absolute Gasteiger partial charge is 0.497 e. The van der Waals surface area contributed by atoms with Gasteiger partial charge in [0.15, 0.2) is 0 Å². The minimum absolute atomic E-state index is 0.0462. The van der Waals surface area contributed by atoms with Crippen molar-refractivity contribution < 1.29 is 14.3 Å². The van der Waals surface area contributed by atoms with Crippen LogP contribution in [0, 0.1) is 11.8 Å². The zero-order chi connectivity index (χ0) is 21.4. The number of methoxy groups -OCH3 is 1. The zero-order valence-electron chi connectivity index (χ0n) is 17.9. The predicted octanol–water partition coefficient (Wildman–Crippen LogP) is 3.76. The number of ether oxygens (including phenoxy) is 1. The highest BCUT2D eigenvalue weighted by Crippen LogP contribution is 2.17. The van der Waals surface area contributed by atoms with Crippen LogP contribution in [0.5, 0.6) is 5.75 Å². The van der Waals surface area contributed by atoms with E-state index in [1.807, 2.05) is 43.0 Å². The van der Waals surface area contributed by atoms with E-state index < -0.39 is 0 Å². The molecule has 1 N–H and O–H groups in total. The fraction of sp³-hybridized carbons (Fsp3) is 0.500. The van der Waals surface area contributed by atoms with Crippen LogP contribution < -0.4 is 10.1 Å². The number of hydrogen-bond donors (Lipinski definition) is 1. The first-order valence-electron chi connectivity index (χ1n) is 9.91. The summed E-state index contributed by atoms with van der Waals surface area (Å²) in [6.45, 7) is 9.93. The van der Waals surface area contributed by atoms with Crippen molar-refractivity contribution in [2.75, 3.05) is 20.2 Å². The average molecular weight is 418 g/mol. The molecule has 29 heavy (non-hydrogen) atoms. The maximum Gasteiger partial charge on any atom is 0.270 e. The van der Waals surface area contributed by atoms with Gasteiger partial charge in [-0.1, -0.05) is 39.8 Å². The lowest BCUT2D eigenvalue weighted by Gasteiger charge is -2.24. The van der Waals surface area contributed by atoms with E-state index >= 15 is 0 Å². The zero-order valence-corrected chi connectivity index (χ0v) is 18.7. The number of aromatic nitrogens is 1. The summed E-state index contributed by atoms with van der Waals surface area (Å²) in [5, 5.41) is 5.40. The lowest BCUT2D eigenvalue weighted by Crippen LogP contribution is -2.35. The molecule has 0 aliphatic rings. The molecule has 7 heteroatoms. The third kappa shape index (κ3) is 7.49. The Labute approximate surface area is 177 Å². The molecule has 1 aromatic carbocycles. The summed E-state index contributed by atoms with van der Waals surface area (Å²) in [6.07, 6.45) is 0.323. The fourth-order valence-electron chi connectivity index (χ4n) is 2.76. The van der Waals surface area contributed by atoms with Gasteiger partial charge in [-0.15, -0.1) is 11.3 Å². The van der Waals surface area contributed by atoms with Crippen molar-refractivity contribution in [3.63, 3.8) is 0 Å². The quantitative estimate of drug-likeness (QED) is 0.639. The first-order chi connectivity index (χ1) is 13.8. The summed E-state index contributed by atoms with van der Waals surface area (Å²) in [4.78, 5) is 31.4. The highest BCUT2D eigenvalue weighted by atomic mass is 32.1.